The normalized spacial score (nSPS) is 18.2. The molecule has 0 spiro atoms. The van der Waals surface area contributed by atoms with Crippen molar-refractivity contribution < 1.29 is 5.11 Å². The van der Waals surface area contributed by atoms with Crippen molar-refractivity contribution in [2.45, 2.75) is 32.8 Å². The van der Waals surface area contributed by atoms with Crippen LogP contribution in [0.15, 0.2) is 11.4 Å². The van der Waals surface area contributed by atoms with Gasteiger partial charge in [-0.05, 0) is 24.3 Å². The Kier molecular flexibility index (Phi) is 3.38. The van der Waals surface area contributed by atoms with Crippen molar-refractivity contribution in [3.63, 3.8) is 0 Å². The molecule has 0 radical (unpaired) electrons. The second-order valence-electron chi connectivity index (χ2n) is 3.56. The molecule has 1 heterocycles. The first-order valence-corrected chi connectivity index (χ1v) is 5.71. The molecule has 0 saturated carbocycles. The molecule has 0 aliphatic heterocycles. The van der Waals surface area contributed by atoms with Gasteiger partial charge in [-0.1, -0.05) is 31.9 Å². The lowest BCUT2D eigenvalue weighted by molar-refractivity contribution is 0.000509. The Morgan fingerprint density at radius 3 is 2.69 bits per heavy atom. The maximum Gasteiger partial charge on any atom is 0.0989 e. The van der Waals surface area contributed by atoms with Gasteiger partial charge in [-0.3, -0.25) is 0 Å². The summed E-state index contributed by atoms with van der Waals surface area (Å²) in [6, 6.07) is 1.90. The molecule has 3 heteroatoms. The van der Waals surface area contributed by atoms with Crippen LogP contribution in [0.1, 0.15) is 32.8 Å². The summed E-state index contributed by atoms with van der Waals surface area (Å²) in [6.07, 6.45) is 0.944. The summed E-state index contributed by atoms with van der Waals surface area (Å²) in [6.45, 7) is 5.93. The van der Waals surface area contributed by atoms with E-state index in [4.69, 9.17) is 11.6 Å². The summed E-state index contributed by atoms with van der Waals surface area (Å²) in [5, 5.41) is 12.2. The molecule has 2 unspecified atom stereocenters. The molecule has 13 heavy (non-hydrogen) atoms. The minimum absolute atomic E-state index is 0.222. The van der Waals surface area contributed by atoms with Gasteiger partial charge < -0.3 is 5.11 Å². The lowest BCUT2D eigenvalue weighted by Gasteiger charge is -2.29. The van der Waals surface area contributed by atoms with E-state index < -0.39 is 5.60 Å². The molecule has 1 rings (SSSR count). The van der Waals surface area contributed by atoms with E-state index in [1.54, 1.807) is 0 Å². The third-order valence-corrected chi connectivity index (χ3v) is 3.91. The molecule has 1 N–H and O–H groups in total. The predicted molar refractivity (Wildman–Crippen MR) is 58.4 cm³/mol. The summed E-state index contributed by atoms with van der Waals surface area (Å²) < 4.78 is 0.699. The highest BCUT2D eigenvalue weighted by atomic mass is 35.5. The van der Waals surface area contributed by atoms with Crippen LogP contribution >= 0.6 is 22.9 Å². The second-order valence-corrected chi connectivity index (χ2v) is 5.08. The Hall–Kier alpha value is -0.0500. The zero-order chi connectivity index (χ0) is 10.1. The number of halogens is 1. The molecule has 0 saturated heterocycles. The molecule has 0 fully saturated rings. The van der Waals surface area contributed by atoms with Crippen molar-refractivity contribution in [3.05, 3.63) is 21.3 Å². The second kappa shape index (κ2) is 3.99. The molecule has 2 atom stereocenters. The third kappa shape index (κ3) is 2.06. The Balaban J connectivity index is 2.99. The molecule has 74 valence electrons. The summed E-state index contributed by atoms with van der Waals surface area (Å²) in [4.78, 5) is 0. The first-order chi connectivity index (χ1) is 6.00. The minimum Gasteiger partial charge on any atom is -0.385 e. The number of rotatable bonds is 3. The highest BCUT2D eigenvalue weighted by Gasteiger charge is 2.31. The van der Waals surface area contributed by atoms with Crippen molar-refractivity contribution in [2.24, 2.45) is 5.92 Å². The van der Waals surface area contributed by atoms with Crippen molar-refractivity contribution >= 4 is 22.9 Å². The molecule has 1 aromatic rings. The Bertz CT molecular complexity index is 280. The molecule has 1 nitrogen and oxygen atoms in total. The molecular formula is C10H15ClOS. The fourth-order valence-electron chi connectivity index (χ4n) is 1.32. The van der Waals surface area contributed by atoms with Gasteiger partial charge in [-0.25, -0.2) is 0 Å². The van der Waals surface area contributed by atoms with Crippen molar-refractivity contribution in [1.82, 2.24) is 0 Å². The number of hydrogen-bond donors (Lipinski definition) is 1. The number of hydrogen-bond acceptors (Lipinski definition) is 2. The van der Waals surface area contributed by atoms with Gasteiger partial charge in [0.2, 0.25) is 0 Å². The summed E-state index contributed by atoms with van der Waals surface area (Å²) >= 11 is 7.45. The van der Waals surface area contributed by atoms with Gasteiger partial charge in [0, 0.05) is 5.56 Å². The van der Waals surface area contributed by atoms with Gasteiger partial charge in [0.05, 0.1) is 9.94 Å². The predicted octanol–water partition coefficient (Wildman–Crippen LogP) is 3.66. The van der Waals surface area contributed by atoms with E-state index in [0.29, 0.717) is 4.34 Å². The van der Waals surface area contributed by atoms with E-state index in [2.05, 4.69) is 6.92 Å². The first-order valence-electron chi connectivity index (χ1n) is 4.46. The minimum atomic E-state index is -0.800. The molecule has 0 aromatic carbocycles. The molecule has 0 aliphatic rings. The quantitative estimate of drug-likeness (QED) is 0.821. The monoisotopic (exact) mass is 218 g/mol. The standard InChI is InChI=1S/C10H15ClOS/c1-4-7(2)10(3,12)8-5-6-13-9(8)11/h5-7,12H,4H2,1-3H3. The zero-order valence-corrected chi connectivity index (χ0v) is 9.75. The van der Waals surface area contributed by atoms with Crippen molar-refractivity contribution in [3.8, 4) is 0 Å². The van der Waals surface area contributed by atoms with Crippen LogP contribution in [0.4, 0.5) is 0 Å². The van der Waals surface area contributed by atoms with E-state index in [-0.39, 0.29) is 5.92 Å². The van der Waals surface area contributed by atoms with Crippen molar-refractivity contribution in [1.29, 1.82) is 0 Å². The summed E-state index contributed by atoms with van der Waals surface area (Å²) in [5.41, 5.74) is 0.0553. The van der Waals surface area contributed by atoms with Gasteiger partial charge in [-0.15, -0.1) is 11.3 Å². The van der Waals surface area contributed by atoms with E-state index in [1.807, 2.05) is 25.3 Å². The fraction of sp³-hybridized carbons (Fsp3) is 0.600. The van der Waals surface area contributed by atoms with Crippen LogP contribution < -0.4 is 0 Å². The average molecular weight is 219 g/mol. The molecule has 0 amide bonds. The Labute approximate surface area is 88.4 Å². The van der Waals surface area contributed by atoms with Gasteiger partial charge in [0.25, 0.3) is 0 Å². The Morgan fingerprint density at radius 2 is 2.31 bits per heavy atom. The van der Waals surface area contributed by atoms with E-state index in [9.17, 15) is 5.11 Å². The van der Waals surface area contributed by atoms with Gasteiger partial charge in [0.15, 0.2) is 0 Å². The van der Waals surface area contributed by atoms with Gasteiger partial charge in [0.1, 0.15) is 0 Å². The summed E-state index contributed by atoms with van der Waals surface area (Å²) in [7, 11) is 0. The first kappa shape index (κ1) is 11.0. The topological polar surface area (TPSA) is 20.2 Å². The fourth-order valence-corrected chi connectivity index (χ4v) is 2.46. The van der Waals surface area contributed by atoms with Crippen LogP contribution in [0.5, 0.6) is 0 Å². The Morgan fingerprint density at radius 1 is 1.69 bits per heavy atom. The summed E-state index contributed by atoms with van der Waals surface area (Å²) in [5.74, 6) is 0.222. The van der Waals surface area contributed by atoms with Gasteiger partial charge >= 0.3 is 0 Å². The molecule has 0 bridgehead atoms. The third-order valence-electron chi connectivity index (χ3n) is 2.74. The van der Waals surface area contributed by atoms with Crippen LogP contribution in [-0.2, 0) is 5.60 Å². The lowest BCUT2D eigenvalue weighted by Crippen LogP contribution is -2.29. The maximum atomic E-state index is 10.2. The van der Waals surface area contributed by atoms with E-state index >= 15 is 0 Å². The van der Waals surface area contributed by atoms with Crippen LogP contribution in [0, 0.1) is 5.92 Å². The average Bonchev–Trinajstić information content (AvgIpc) is 2.50. The van der Waals surface area contributed by atoms with Crippen LogP contribution in [-0.4, -0.2) is 5.11 Å². The van der Waals surface area contributed by atoms with E-state index in [0.717, 1.165) is 12.0 Å². The maximum absolute atomic E-state index is 10.2. The molecule has 0 aliphatic carbocycles. The van der Waals surface area contributed by atoms with Crippen molar-refractivity contribution in [2.75, 3.05) is 0 Å². The number of thiophene rings is 1. The molecule has 1 aromatic heterocycles. The lowest BCUT2D eigenvalue weighted by atomic mass is 9.84. The zero-order valence-electron chi connectivity index (χ0n) is 8.17. The largest absolute Gasteiger partial charge is 0.385 e. The highest BCUT2D eigenvalue weighted by molar-refractivity contribution is 7.14. The van der Waals surface area contributed by atoms with Crippen LogP contribution in [0.3, 0.4) is 0 Å². The highest BCUT2D eigenvalue weighted by Crippen LogP contribution is 2.38. The van der Waals surface area contributed by atoms with Crippen LogP contribution in [0.2, 0.25) is 4.34 Å². The van der Waals surface area contributed by atoms with Crippen LogP contribution in [0.25, 0.3) is 0 Å². The SMILES string of the molecule is CCC(C)C(C)(O)c1ccsc1Cl. The number of aliphatic hydroxyl groups is 1. The van der Waals surface area contributed by atoms with Gasteiger partial charge in [-0.2, -0.15) is 0 Å². The molecular weight excluding hydrogens is 204 g/mol. The van der Waals surface area contributed by atoms with E-state index in [1.165, 1.54) is 11.3 Å². The smallest absolute Gasteiger partial charge is 0.0989 e.